The first-order valence-electron chi connectivity index (χ1n) is 23.0. The first-order chi connectivity index (χ1) is 31.7. The topological polar surface area (TPSA) is 30.4 Å². The monoisotopic (exact) mass is 824 g/mol. The summed E-state index contributed by atoms with van der Waals surface area (Å²) in [7, 11) is 0. The maximum Gasteiger partial charge on any atom is 0.136 e. The van der Waals surface area contributed by atoms with Crippen molar-refractivity contribution in [1.82, 2.24) is 4.57 Å². The Morgan fingerprint density at radius 1 is 0.484 bits per heavy atom. The third-order valence-corrected chi connectivity index (χ3v) is 13.7. The van der Waals surface area contributed by atoms with Gasteiger partial charge in [0.2, 0.25) is 0 Å². The van der Waals surface area contributed by atoms with Gasteiger partial charge in [0.1, 0.15) is 11.2 Å². The summed E-state index contributed by atoms with van der Waals surface area (Å²) < 4.78 is 9.01. The zero-order valence-corrected chi connectivity index (χ0v) is 35.9. The Hall–Kier alpha value is -7.49. The molecule has 12 rings (SSSR count). The lowest BCUT2D eigenvalue weighted by Crippen LogP contribution is -2.04. The van der Waals surface area contributed by atoms with Crippen LogP contribution in [-0.4, -0.2) is 10.3 Å². The fourth-order valence-electron chi connectivity index (χ4n) is 10.5. The molecule has 0 unspecified atom stereocenters. The van der Waals surface area contributed by atoms with E-state index >= 15 is 0 Å². The maximum absolute atomic E-state index is 6.58. The average molecular weight is 825 g/mol. The predicted molar refractivity (Wildman–Crippen MR) is 269 cm³/mol. The molecular formula is C61H48N2O. The average Bonchev–Trinajstić information content (AvgIpc) is 3.90. The molecule has 3 nitrogen and oxygen atoms in total. The first-order valence-corrected chi connectivity index (χ1v) is 23.0. The number of furan rings is 1. The van der Waals surface area contributed by atoms with Crippen LogP contribution in [0.15, 0.2) is 210 Å². The van der Waals surface area contributed by atoms with Gasteiger partial charge in [0.15, 0.2) is 0 Å². The number of nitrogens with zero attached hydrogens (tertiary/aromatic N) is 2. The molecule has 0 amide bonds. The number of para-hydroxylation sites is 1. The van der Waals surface area contributed by atoms with E-state index in [0.29, 0.717) is 5.92 Å². The minimum atomic E-state index is 0.693. The molecule has 2 aliphatic rings. The van der Waals surface area contributed by atoms with E-state index in [4.69, 9.17) is 9.41 Å². The van der Waals surface area contributed by atoms with Crippen LogP contribution in [0.2, 0.25) is 0 Å². The van der Waals surface area contributed by atoms with Crippen LogP contribution in [0.1, 0.15) is 73.1 Å². The molecule has 64 heavy (non-hydrogen) atoms. The Labute approximate surface area is 374 Å². The van der Waals surface area contributed by atoms with Crippen molar-refractivity contribution in [3.8, 4) is 27.9 Å². The van der Waals surface area contributed by atoms with Gasteiger partial charge in [-0.3, -0.25) is 0 Å². The number of hydrogen-bond acceptors (Lipinski definition) is 2. The summed E-state index contributed by atoms with van der Waals surface area (Å²) in [5, 5.41) is 4.76. The number of allylic oxidation sites excluding steroid dienone is 3. The van der Waals surface area contributed by atoms with Crippen LogP contribution in [-0.2, 0) is 0 Å². The van der Waals surface area contributed by atoms with Crippen molar-refractivity contribution in [3.05, 3.63) is 222 Å². The summed E-state index contributed by atoms with van der Waals surface area (Å²) in [6.45, 7) is 0. The Bertz CT molecular complexity index is 3450. The highest BCUT2D eigenvalue weighted by Gasteiger charge is 2.19. The number of rotatable bonds is 7. The molecule has 0 saturated heterocycles. The van der Waals surface area contributed by atoms with Gasteiger partial charge >= 0.3 is 0 Å². The van der Waals surface area contributed by atoms with Crippen molar-refractivity contribution < 1.29 is 4.42 Å². The Balaban J connectivity index is 0.922. The molecule has 1 saturated carbocycles. The van der Waals surface area contributed by atoms with Crippen LogP contribution in [0, 0.1) is 0 Å². The summed E-state index contributed by atoms with van der Waals surface area (Å²) in [6, 6.07) is 68.4. The lowest BCUT2D eigenvalue weighted by molar-refractivity contribution is 0.443. The van der Waals surface area contributed by atoms with Crippen molar-refractivity contribution in [1.29, 1.82) is 0 Å². The van der Waals surface area contributed by atoms with Crippen molar-refractivity contribution in [2.24, 2.45) is 4.99 Å². The summed E-state index contributed by atoms with van der Waals surface area (Å²) in [5.41, 5.74) is 18.3. The number of aliphatic imine (C=N–C) groups is 1. The lowest BCUT2D eigenvalue weighted by Gasteiger charge is -2.22. The fraction of sp³-hybridized carbons (Fsp3) is 0.131. The molecule has 0 N–H and O–H groups in total. The second-order valence-corrected chi connectivity index (χ2v) is 17.6. The molecule has 2 aromatic heterocycles. The van der Waals surface area contributed by atoms with Crippen molar-refractivity contribution in [2.75, 3.05) is 0 Å². The summed E-state index contributed by atoms with van der Waals surface area (Å²) in [5.74, 6) is 0.693. The molecule has 10 aromatic rings. The van der Waals surface area contributed by atoms with E-state index in [-0.39, 0.29) is 0 Å². The van der Waals surface area contributed by atoms with Gasteiger partial charge in [-0.1, -0.05) is 159 Å². The third-order valence-electron chi connectivity index (χ3n) is 13.7. The van der Waals surface area contributed by atoms with Gasteiger partial charge in [-0.05, 0) is 131 Å². The van der Waals surface area contributed by atoms with Crippen LogP contribution in [0.5, 0.6) is 0 Å². The molecule has 1 aliphatic carbocycles. The SMILES string of the molecule is C1=C(c2cccc(-c3cccc4oc5ccc(-c6ccc7c(c6)c6ccccc6n7-c6ccc(C7CCCCC7)cc6)cc5c34)c2)/N=C(c2ccccc2)\C=C(\c2ccccc2)CC\1. The van der Waals surface area contributed by atoms with Gasteiger partial charge < -0.3 is 8.98 Å². The molecule has 3 heteroatoms. The van der Waals surface area contributed by atoms with Gasteiger partial charge in [-0.2, -0.15) is 0 Å². The molecule has 3 heterocycles. The van der Waals surface area contributed by atoms with Crippen LogP contribution in [0.4, 0.5) is 0 Å². The number of fused-ring (bicyclic) bond motifs is 6. The quantitative estimate of drug-likeness (QED) is 0.157. The van der Waals surface area contributed by atoms with Crippen LogP contribution in [0.25, 0.3) is 83.0 Å². The van der Waals surface area contributed by atoms with Crippen LogP contribution < -0.4 is 0 Å². The third kappa shape index (κ3) is 6.98. The summed E-state index contributed by atoms with van der Waals surface area (Å²) in [4.78, 5) is 5.40. The number of aromatic nitrogens is 1. The Morgan fingerprint density at radius 2 is 1.17 bits per heavy atom. The van der Waals surface area contributed by atoms with Gasteiger partial charge in [0, 0.05) is 38.4 Å². The number of benzene rings is 8. The van der Waals surface area contributed by atoms with Gasteiger partial charge in [-0.25, -0.2) is 4.99 Å². The van der Waals surface area contributed by atoms with Crippen molar-refractivity contribution in [2.45, 2.75) is 50.9 Å². The van der Waals surface area contributed by atoms with E-state index in [2.05, 4.69) is 205 Å². The molecule has 0 atom stereocenters. The van der Waals surface area contributed by atoms with E-state index in [1.165, 1.54) is 87.4 Å². The molecule has 308 valence electrons. The Morgan fingerprint density at radius 3 is 2.00 bits per heavy atom. The van der Waals surface area contributed by atoms with Crippen molar-refractivity contribution in [3.63, 3.8) is 0 Å². The maximum atomic E-state index is 6.58. The highest BCUT2D eigenvalue weighted by molar-refractivity contribution is 6.16. The van der Waals surface area contributed by atoms with Crippen LogP contribution in [0.3, 0.4) is 0 Å². The lowest BCUT2D eigenvalue weighted by atomic mass is 9.84. The Kier molecular flexibility index (Phi) is 9.75. The zero-order chi connectivity index (χ0) is 42.4. The zero-order valence-electron chi connectivity index (χ0n) is 35.9. The first kappa shape index (κ1) is 38.2. The summed E-state index contributed by atoms with van der Waals surface area (Å²) in [6.07, 6.45) is 13.1. The minimum absolute atomic E-state index is 0.693. The summed E-state index contributed by atoms with van der Waals surface area (Å²) >= 11 is 0. The molecule has 0 spiro atoms. The molecule has 1 fully saturated rings. The molecule has 1 aliphatic heterocycles. The number of hydrogen-bond donors (Lipinski definition) is 0. The largest absolute Gasteiger partial charge is 0.456 e. The predicted octanol–water partition coefficient (Wildman–Crippen LogP) is 16.8. The fourth-order valence-corrected chi connectivity index (χ4v) is 10.5. The van der Waals surface area contributed by atoms with E-state index in [1.54, 1.807) is 0 Å². The molecule has 0 radical (unpaired) electrons. The highest BCUT2D eigenvalue weighted by Crippen LogP contribution is 2.41. The molecular weight excluding hydrogens is 777 g/mol. The minimum Gasteiger partial charge on any atom is -0.456 e. The van der Waals surface area contributed by atoms with Crippen molar-refractivity contribution >= 4 is 60.7 Å². The van der Waals surface area contributed by atoms with Crippen LogP contribution >= 0.6 is 0 Å². The second-order valence-electron chi connectivity index (χ2n) is 17.6. The van der Waals surface area contributed by atoms with E-state index < -0.39 is 0 Å². The van der Waals surface area contributed by atoms with E-state index in [0.717, 1.165) is 68.4 Å². The highest BCUT2D eigenvalue weighted by atomic mass is 16.3. The van der Waals surface area contributed by atoms with Gasteiger partial charge in [0.05, 0.1) is 22.4 Å². The second kappa shape index (κ2) is 16.3. The van der Waals surface area contributed by atoms with E-state index in [1.807, 2.05) is 0 Å². The van der Waals surface area contributed by atoms with Gasteiger partial charge in [-0.15, -0.1) is 0 Å². The smallest absolute Gasteiger partial charge is 0.136 e. The molecule has 0 bridgehead atoms. The standard InChI is InChI=1S/C61H48N2O/c1-4-15-41(16-5-1)43-29-33-50(34-30-43)63-57-27-11-10-24-52(57)53-38-46(31-35-58(53)63)47-32-36-59-54(39-47)61-51(25-14-28-60(61)64-59)48-22-12-23-49(37-48)55-26-13-21-45(42-17-6-2-7-18-42)40-56(62-55)44-19-8-3-9-20-44/h2-3,6-12,14,17-20,22-41H,1,4-5,13,15-16,21H2/b45-40+,55-26-,62-56+. The molecule has 8 aromatic carbocycles. The van der Waals surface area contributed by atoms with Gasteiger partial charge in [0.25, 0.3) is 0 Å². The normalized spacial score (nSPS) is 17.4. The van der Waals surface area contributed by atoms with E-state index in [9.17, 15) is 0 Å².